The van der Waals surface area contributed by atoms with Crippen molar-refractivity contribution in [2.75, 3.05) is 6.61 Å². The minimum absolute atomic E-state index is 0.504. The number of aliphatic imine (C=N–C) groups is 1. The molecule has 0 radical (unpaired) electrons. The molecule has 0 saturated carbocycles. The third-order valence-corrected chi connectivity index (χ3v) is 1.18. The predicted molar refractivity (Wildman–Crippen MR) is 35.7 cm³/mol. The topological polar surface area (TPSA) is 47.4 Å². The molecular formula is C6H5N3O. The highest BCUT2D eigenvalue weighted by molar-refractivity contribution is 5.68. The van der Waals surface area contributed by atoms with E-state index in [0.717, 1.165) is 0 Å². The average Bonchev–Trinajstić information content (AvgIpc) is 2.05. The summed E-state index contributed by atoms with van der Waals surface area (Å²) in [7, 11) is 0. The van der Waals surface area contributed by atoms with Crippen molar-refractivity contribution in [3.63, 3.8) is 0 Å². The molecule has 0 aromatic carbocycles. The molecule has 1 aliphatic rings. The quantitative estimate of drug-likeness (QED) is 0.522. The van der Waals surface area contributed by atoms with Crippen LogP contribution >= 0.6 is 0 Å². The van der Waals surface area contributed by atoms with Crippen LogP contribution in [0.15, 0.2) is 17.5 Å². The number of nitrogens with zero attached hydrogens (tertiary/aromatic N) is 3. The Morgan fingerprint density at radius 1 is 1.50 bits per heavy atom. The fraction of sp³-hybridized carbons (Fsp3) is 0.167. The molecular weight excluding hydrogens is 130 g/mol. The van der Waals surface area contributed by atoms with Gasteiger partial charge < -0.3 is 4.74 Å². The van der Waals surface area contributed by atoms with Gasteiger partial charge >= 0.3 is 0 Å². The van der Waals surface area contributed by atoms with Gasteiger partial charge in [-0.1, -0.05) is 0 Å². The summed E-state index contributed by atoms with van der Waals surface area (Å²) in [6.45, 7) is 0.504. The van der Waals surface area contributed by atoms with E-state index in [1.54, 1.807) is 12.4 Å². The van der Waals surface area contributed by atoms with E-state index >= 15 is 0 Å². The maximum Gasteiger partial charge on any atom is 0.243 e. The van der Waals surface area contributed by atoms with Gasteiger partial charge in [-0.15, -0.1) is 0 Å². The van der Waals surface area contributed by atoms with Gasteiger partial charge in [-0.2, -0.15) is 4.98 Å². The van der Waals surface area contributed by atoms with Crippen LogP contribution in [0.25, 0.3) is 0 Å². The van der Waals surface area contributed by atoms with Gasteiger partial charge in [0.15, 0.2) is 0 Å². The Morgan fingerprint density at radius 2 is 2.50 bits per heavy atom. The number of fused-ring (bicyclic) bond motifs is 1. The molecule has 1 aromatic rings. The Balaban J connectivity index is 2.54. The molecule has 0 saturated heterocycles. The number of hydrogen-bond donors (Lipinski definition) is 0. The zero-order valence-electron chi connectivity index (χ0n) is 5.19. The minimum atomic E-state index is 0.504. The monoisotopic (exact) mass is 135 g/mol. The van der Waals surface area contributed by atoms with Gasteiger partial charge in [0.05, 0.1) is 6.20 Å². The first-order valence-corrected chi connectivity index (χ1v) is 2.92. The summed E-state index contributed by atoms with van der Waals surface area (Å²) in [5, 5.41) is 0. The standard InChI is InChI=1S/C6H5N3O/c1-2-10-6-5(8-1)3-7-4-9-6/h1,3-4H,2H2. The van der Waals surface area contributed by atoms with Gasteiger partial charge in [0, 0.05) is 6.21 Å². The SMILES string of the molecule is C1=Nc2cncnc2OC1. The Hall–Kier alpha value is -1.45. The molecule has 2 rings (SSSR count). The smallest absolute Gasteiger partial charge is 0.243 e. The van der Waals surface area contributed by atoms with E-state index in [1.807, 2.05) is 0 Å². The molecule has 0 N–H and O–H groups in total. The van der Waals surface area contributed by atoms with Gasteiger partial charge in [-0.25, -0.2) is 4.98 Å². The van der Waals surface area contributed by atoms with Crippen molar-refractivity contribution in [1.29, 1.82) is 0 Å². The van der Waals surface area contributed by atoms with Crippen molar-refractivity contribution in [1.82, 2.24) is 9.97 Å². The lowest BCUT2D eigenvalue weighted by molar-refractivity contribution is 0.360. The molecule has 0 aliphatic carbocycles. The highest BCUT2D eigenvalue weighted by atomic mass is 16.5. The summed E-state index contributed by atoms with van der Waals surface area (Å²) in [5.74, 6) is 0.567. The van der Waals surface area contributed by atoms with Crippen LogP contribution in [0.5, 0.6) is 5.88 Å². The van der Waals surface area contributed by atoms with Crippen LogP contribution in [0.1, 0.15) is 0 Å². The molecule has 0 bridgehead atoms. The van der Waals surface area contributed by atoms with E-state index in [2.05, 4.69) is 15.0 Å². The molecule has 4 heteroatoms. The van der Waals surface area contributed by atoms with Crippen LogP contribution in [0.2, 0.25) is 0 Å². The summed E-state index contributed by atoms with van der Waals surface area (Å²) in [5.41, 5.74) is 0.703. The second-order valence-corrected chi connectivity index (χ2v) is 1.84. The van der Waals surface area contributed by atoms with Crippen molar-refractivity contribution in [2.24, 2.45) is 4.99 Å². The number of hydrogen-bond acceptors (Lipinski definition) is 4. The third-order valence-electron chi connectivity index (χ3n) is 1.18. The maximum absolute atomic E-state index is 5.12. The van der Waals surface area contributed by atoms with Crippen LogP contribution in [-0.4, -0.2) is 22.8 Å². The van der Waals surface area contributed by atoms with Gasteiger partial charge in [0.2, 0.25) is 5.88 Å². The molecule has 50 valence electrons. The number of rotatable bonds is 0. The van der Waals surface area contributed by atoms with E-state index in [4.69, 9.17) is 4.74 Å². The Labute approximate surface area is 57.6 Å². The Kier molecular flexibility index (Phi) is 1.10. The average molecular weight is 135 g/mol. The van der Waals surface area contributed by atoms with Crippen molar-refractivity contribution < 1.29 is 4.74 Å². The molecule has 0 unspecified atom stereocenters. The van der Waals surface area contributed by atoms with Crippen LogP contribution in [-0.2, 0) is 0 Å². The van der Waals surface area contributed by atoms with E-state index < -0.39 is 0 Å². The van der Waals surface area contributed by atoms with E-state index in [-0.39, 0.29) is 0 Å². The first kappa shape index (κ1) is 5.34. The first-order chi connectivity index (χ1) is 4.97. The van der Waals surface area contributed by atoms with Gasteiger partial charge in [0.1, 0.15) is 18.6 Å². The van der Waals surface area contributed by atoms with Gasteiger partial charge in [0.25, 0.3) is 0 Å². The van der Waals surface area contributed by atoms with Crippen molar-refractivity contribution in [2.45, 2.75) is 0 Å². The summed E-state index contributed by atoms with van der Waals surface area (Å²) in [4.78, 5) is 11.7. The fourth-order valence-electron chi connectivity index (χ4n) is 0.763. The van der Waals surface area contributed by atoms with Crippen LogP contribution in [0.4, 0.5) is 5.69 Å². The maximum atomic E-state index is 5.12. The molecule has 4 nitrogen and oxygen atoms in total. The van der Waals surface area contributed by atoms with Crippen LogP contribution in [0, 0.1) is 0 Å². The van der Waals surface area contributed by atoms with E-state index in [1.165, 1.54) is 6.33 Å². The summed E-state index contributed by atoms with van der Waals surface area (Å²) < 4.78 is 5.12. The predicted octanol–water partition coefficient (Wildman–Crippen LogP) is 0.571. The lowest BCUT2D eigenvalue weighted by Crippen LogP contribution is -2.04. The van der Waals surface area contributed by atoms with Gasteiger partial charge in [-0.3, -0.25) is 4.99 Å². The van der Waals surface area contributed by atoms with Crippen molar-refractivity contribution >= 4 is 11.9 Å². The third kappa shape index (κ3) is 0.737. The molecule has 2 heterocycles. The summed E-state index contributed by atoms with van der Waals surface area (Å²) in [6.07, 6.45) is 4.75. The summed E-state index contributed by atoms with van der Waals surface area (Å²) in [6, 6.07) is 0. The normalized spacial score (nSPS) is 14.0. The zero-order chi connectivity index (χ0) is 6.81. The molecule has 0 atom stereocenters. The van der Waals surface area contributed by atoms with Crippen molar-refractivity contribution in [3.05, 3.63) is 12.5 Å². The lowest BCUT2D eigenvalue weighted by atomic mass is 10.5. The minimum Gasteiger partial charge on any atom is -0.470 e. The molecule has 0 amide bonds. The molecule has 0 fully saturated rings. The second-order valence-electron chi connectivity index (χ2n) is 1.84. The van der Waals surface area contributed by atoms with Gasteiger partial charge in [-0.05, 0) is 0 Å². The number of ether oxygens (including phenoxy) is 1. The van der Waals surface area contributed by atoms with E-state index in [9.17, 15) is 0 Å². The Morgan fingerprint density at radius 3 is 3.40 bits per heavy atom. The first-order valence-electron chi connectivity index (χ1n) is 2.92. The zero-order valence-corrected chi connectivity index (χ0v) is 5.19. The fourth-order valence-corrected chi connectivity index (χ4v) is 0.763. The highest BCUT2D eigenvalue weighted by Gasteiger charge is 2.05. The highest BCUT2D eigenvalue weighted by Crippen LogP contribution is 2.23. The molecule has 0 spiro atoms. The summed E-state index contributed by atoms with van der Waals surface area (Å²) >= 11 is 0. The van der Waals surface area contributed by atoms with Crippen molar-refractivity contribution in [3.8, 4) is 5.88 Å². The Bertz CT molecular complexity index is 271. The van der Waals surface area contributed by atoms with E-state index in [0.29, 0.717) is 18.2 Å². The van der Waals surface area contributed by atoms with Crippen LogP contribution in [0.3, 0.4) is 0 Å². The molecule has 10 heavy (non-hydrogen) atoms. The molecule has 1 aliphatic heterocycles. The number of aromatic nitrogens is 2. The largest absolute Gasteiger partial charge is 0.470 e. The lowest BCUT2D eigenvalue weighted by Gasteiger charge is -2.07. The van der Waals surface area contributed by atoms with Crippen LogP contribution < -0.4 is 4.74 Å². The second kappa shape index (κ2) is 2.06. The molecule has 1 aromatic heterocycles.